The van der Waals surface area contributed by atoms with Gasteiger partial charge in [-0.2, -0.15) is 0 Å². The Kier molecular flexibility index (Phi) is 4.77. The van der Waals surface area contributed by atoms with Crippen molar-refractivity contribution in [1.29, 1.82) is 0 Å². The molecule has 0 amide bonds. The summed E-state index contributed by atoms with van der Waals surface area (Å²) in [7, 11) is 0. The molecule has 1 atom stereocenters. The SMILES string of the molecule is C/C=C/CNC1CCN(Cc2ccccc2)C1. The van der Waals surface area contributed by atoms with E-state index in [-0.39, 0.29) is 0 Å². The Morgan fingerprint density at radius 3 is 2.94 bits per heavy atom. The number of rotatable bonds is 5. The summed E-state index contributed by atoms with van der Waals surface area (Å²) in [4.78, 5) is 2.53. The maximum Gasteiger partial charge on any atom is 0.0234 e. The Labute approximate surface area is 104 Å². The zero-order chi connectivity index (χ0) is 11.9. The number of benzene rings is 1. The number of allylic oxidation sites excluding steroid dienone is 1. The summed E-state index contributed by atoms with van der Waals surface area (Å²) < 4.78 is 0. The van der Waals surface area contributed by atoms with Crippen LogP contribution >= 0.6 is 0 Å². The molecule has 0 spiro atoms. The maximum atomic E-state index is 3.57. The second kappa shape index (κ2) is 6.58. The van der Waals surface area contributed by atoms with E-state index < -0.39 is 0 Å². The molecule has 0 radical (unpaired) electrons. The van der Waals surface area contributed by atoms with Gasteiger partial charge in [0.25, 0.3) is 0 Å². The zero-order valence-electron chi connectivity index (χ0n) is 10.6. The number of hydrogen-bond donors (Lipinski definition) is 1. The first-order chi connectivity index (χ1) is 8.38. The predicted molar refractivity (Wildman–Crippen MR) is 72.9 cm³/mol. The van der Waals surface area contributed by atoms with Crippen molar-refractivity contribution in [3.05, 3.63) is 48.0 Å². The highest BCUT2D eigenvalue weighted by Gasteiger charge is 2.21. The first-order valence-corrected chi connectivity index (χ1v) is 6.49. The van der Waals surface area contributed by atoms with Crippen molar-refractivity contribution in [2.24, 2.45) is 0 Å². The normalized spacial score (nSPS) is 21.4. The van der Waals surface area contributed by atoms with E-state index in [1.165, 1.54) is 25.1 Å². The van der Waals surface area contributed by atoms with Crippen LogP contribution in [0.1, 0.15) is 18.9 Å². The number of nitrogens with one attached hydrogen (secondary N) is 1. The van der Waals surface area contributed by atoms with E-state index in [1.54, 1.807) is 0 Å². The van der Waals surface area contributed by atoms with Crippen molar-refractivity contribution in [1.82, 2.24) is 10.2 Å². The zero-order valence-corrected chi connectivity index (χ0v) is 10.6. The van der Waals surface area contributed by atoms with Crippen molar-refractivity contribution in [2.45, 2.75) is 25.9 Å². The van der Waals surface area contributed by atoms with Gasteiger partial charge in [0.2, 0.25) is 0 Å². The molecule has 1 N–H and O–H groups in total. The highest BCUT2D eigenvalue weighted by molar-refractivity contribution is 5.14. The van der Waals surface area contributed by atoms with Crippen LogP contribution in [0.5, 0.6) is 0 Å². The highest BCUT2D eigenvalue weighted by Crippen LogP contribution is 2.13. The summed E-state index contributed by atoms with van der Waals surface area (Å²) in [6.45, 7) is 6.54. The Morgan fingerprint density at radius 2 is 2.18 bits per heavy atom. The van der Waals surface area contributed by atoms with Crippen LogP contribution in [0.4, 0.5) is 0 Å². The van der Waals surface area contributed by atoms with Gasteiger partial charge in [-0.1, -0.05) is 42.5 Å². The molecule has 1 aromatic rings. The molecule has 92 valence electrons. The molecule has 1 heterocycles. The monoisotopic (exact) mass is 230 g/mol. The summed E-state index contributed by atoms with van der Waals surface area (Å²) in [5.41, 5.74) is 1.42. The van der Waals surface area contributed by atoms with Crippen molar-refractivity contribution in [2.75, 3.05) is 19.6 Å². The molecule has 1 aromatic carbocycles. The third-order valence-electron chi connectivity index (χ3n) is 3.28. The molecule has 0 aliphatic carbocycles. The minimum atomic E-state index is 0.662. The van der Waals surface area contributed by atoms with Crippen LogP contribution in [0.2, 0.25) is 0 Å². The van der Waals surface area contributed by atoms with E-state index in [9.17, 15) is 0 Å². The van der Waals surface area contributed by atoms with Gasteiger partial charge < -0.3 is 5.32 Å². The van der Waals surface area contributed by atoms with Gasteiger partial charge in [-0.15, -0.1) is 0 Å². The minimum absolute atomic E-state index is 0.662. The topological polar surface area (TPSA) is 15.3 Å². The number of hydrogen-bond acceptors (Lipinski definition) is 2. The summed E-state index contributed by atoms with van der Waals surface area (Å²) in [5, 5.41) is 3.57. The Hall–Kier alpha value is -1.12. The van der Waals surface area contributed by atoms with Crippen molar-refractivity contribution >= 4 is 0 Å². The predicted octanol–water partition coefficient (Wildman–Crippen LogP) is 2.43. The van der Waals surface area contributed by atoms with Gasteiger partial charge in [-0.05, 0) is 18.9 Å². The van der Waals surface area contributed by atoms with E-state index in [1.807, 2.05) is 0 Å². The van der Waals surface area contributed by atoms with E-state index >= 15 is 0 Å². The Bertz CT molecular complexity index is 345. The quantitative estimate of drug-likeness (QED) is 0.782. The van der Waals surface area contributed by atoms with E-state index in [2.05, 4.69) is 59.6 Å². The molecule has 0 bridgehead atoms. The Balaban J connectivity index is 1.74. The summed E-state index contributed by atoms with van der Waals surface area (Å²) >= 11 is 0. The van der Waals surface area contributed by atoms with E-state index in [0.717, 1.165) is 13.1 Å². The van der Waals surface area contributed by atoms with E-state index in [0.29, 0.717) is 6.04 Å². The molecule has 2 heteroatoms. The third kappa shape index (κ3) is 3.99. The summed E-state index contributed by atoms with van der Waals surface area (Å²) in [6, 6.07) is 11.4. The summed E-state index contributed by atoms with van der Waals surface area (Å²) in [6.07, 6.45) is 5.55. The Morgan fingerprint density at radius 1 is 1.35 bits per heavy atom. The number of nitrogens with zero attached hydrogens (tertiary/aromatic N) is 1. The second-order valence-electron chi connectivity index (χ2n) is 4.68. The standard InChI is InChI=1S/C15H22N2/c1-2-3-10-16-15-9-11-17(13-15)12-14-7-5-4-6-8-14/h2-8,15-16H,9-13H2,1H3/b3-2+. The molecule has 1 fully saturated rings. The van der Waals surface area contributed by atoms with Gasteiger partial charge in [0.05, 0.1) is 0 Å². The first-order valence-electron chi connectivity index (χ1n) is 6.49. The molecule has 1 aliphatic rings. The minimum Gasteiger partial charge on any atom is -0.309 e. The molecule has 1 saturated heterocycles. The lowest BCUT2D eigenvalue weighted by molar-refractivity contribution is 0.321. The smallest absolute Gasteiger partial charge is 0.0234 e. The molecular weight excluding hydrogens is 208 g/mol. The molecular formula is C15H22N2. The molecule has 1 unspecified atom stereocenters. The largest absolute Gasteiger partial charge is 0.309 e. The lowest BCUT2D eigenvalue weighted by Gasteiger charge is -2.16. The van der Waals surface area contributed by atoms with Crippen LogP contribution in [-0.4, -0.2) is 30.6 Å². The molecule has 0 saturated carbocycles. The lowest BCUT2D eigenvalue weighted by atomic mass is 10.2. The fourth-order valence-corrected chi connectivity index (χ4v) is 2.34. The molecule has 2 nitrogen and oxygen atoms in total. The highest BCUT2D eigenvalue weighted by atomic mass is 15.2. The van der Waals surface area contributed by atoms with Gasteiger partial charge in [0.1, 0.15) is 0 Å². The van der Waals surface area contributed by atoms with Crippen LogP contribution < -0.4 is 5.32 Å². The molecule has 0 aromatic heterocycles. The van der Waals surface area contributed by atoms with Gasteiger partial charge in [-0.25, -0.2) is 0 Å². The van der Waals surface area contributed by atoms with Gasteiger partial charge in [0, 0.05) is 32.2 Å². The lowest BCUT2D eigenvalue weighted by Crippen LogP contribution is -2.32. The first kappa shape index (κ1) is 12.3. The fourth-order valence-electron chi connectivity index (χ4n) is 2.34. The van der Waals surface area contributed by atoms with Crippen LogP contribution in [-0.2, 0) is 6.54 Å². The molecule has 17 heavy (non-hydrogen) atoms. The van der Waals surface area contributed by atoms with Crippen molar-refractivity contribution in [3.8, 4) is 0 Å². The number of likely N-dealkylation sites (tertiary alicyclic amines) is 1. The molecule has 2 rings (SSSR count). The third-order valence-corrected chi connectivity index (χ3v) is 3.28. The van der Waals surface area contributed by atoms with E-state index in [4.69, 9.17) is 0 Å². The van der Waals surface area contributed by atoms with Crippen LogP contribution in [0.15, 0.2) is 42.5 Å². The van der Waals surface area contributed by atoms with Crippen LogP contribution in [0, 0.1) is 0 Å². The van der Waals surface area contributed by atoms with Gasteiger partial charge in [-0.3, -0.25) is 4.90 Å². The fraction of sp³-hybridized carbons (Fsp3) is 0.467. The van der Waals surface area contributed by atoms with Crippen LogP contribution in [0.3, 0.4) is 0 Å². The molecule has 1 aliphatic heterocycles. The van der Waals surface area contributed by atoms with Crippen molar-refractivity contribution in [3.63, 3.8) is 0 Å². The van der Waals surface area contributed by atoms with Crippen molar-refractivity contribution < 1.29 is 0 Å². The van der Waals surface area contributed by atoms with Gasteiger partial charge in [0.15, 0.2) is 0 Å². The average Bonchev–Trinajstić information content (AvgIpc) is 2.79. The maximum absolute atomic E-state index is 3.57. The van der Waals surface area contributed by atoms with Gasteiger partial charge >= 0.3 is 0 Å². The second-order valence-corrected chi connectivity index (χ2v) is 4.68. The summed E-state index contributed by atoms with van der Waals surface area (Å²) in [5.74, 6) is 0. The van der Waals surface area contributed by atoms with Crippen LogP contribution in [0.25, 0.3) is 0 Å². The average molecular weight is 230 g/mol.